The molecule has 0 spiro atoms. The minimum Gasteiger partial charge on any atom is -0.481 e. The summed E-state index contributed by atoms with van der Waals surface area (Å²) in [5.41, 5.74) is 1.21. The molecule has 0 bridgehead atoms. The molecule has 8 nitrogen and oxygen atoms in total. The predicted octanol–water partition coefficient (Wildman–Crippen LogP) is 2.68. The summed E-state index contributed by atoms with van der Waals surface area (Å²) in [4.78, 5) is 36.4. The van der Waals surface area contributed by atoms with Gasteiger partial charge in [0.1, 0.15) is 5.25 Å². The Kier molecular flexibility index (Phi) is 7.54. The van der Waals surface area contributed by atoms with E-state index in [1.54, 1.807) is 38.1 Å². The number of amides is 1. The second-order valence-electron chi connectivity index (χ2n) is 5.74. The summed E-state index contributed by atoms with van der Waals surface area (Å²) < 4.78 is 4.87. The molecule has 1 heterocycles. The molecule has 9 heteroatoms. The van der Waals surface area contributed by atoms with E-state index in [-0.39, 0.29) is 24.7 Å². The molecule has 1 aliphatic heterocycles. The molecular formula is C18H21N3O5S. The number of thioether (sulfide) groups is 1. The smallest absolute Gasteiger partial charge is 0.306 e. The van der Waals surface area contributed by atoms with Crippen molar-refractivity contribution in [3.63, 3.8) is 0 Å². The molecular weight excluding hydrogens is 370 g/mol. The standard InChI is InChI=1S/C18H21N3O5S/c1-3-26-16(24)10-9-12(2)19-20-18-21(13-7-5-4-6-8-13)17(25)14(27-18)11-15(22)23/h4-8,14H,3,9-11H2,1-2H3,(H,22,23)/b19-12+,20-18-/t14-/m0/s1. The fourth-order valence-corrected chi connectivity index (χ4v) is 3.41. The number of ether oxygens (including phenoxy) is 1. The fourth-order valence-electron chi connectivity index (χ4n) is 2.33. The lowest BCUT2D eigenvalue weighted by molar-refractivity contribution is -0.143. The van der Waals surface area contributed by atoms with Crippen LogP contribution in [-0.2, 0) is 19.1 Å². The predicted molar refractivity (Wildman–Crippen MR) is 104 cm³/mol. The van der Waals surface area contributed by atoms with Crippen LogP contribution in [0.5, 0.6) is 0 Å². The van der Waals surface area contributed by atoms with E-state index in [1.165, 1.54) is 4.90 Å². The van der Waals surface area contributed by atoms with E-state index in [0.29, 0.717) is 29.6 Å². The molecule has 1 atom stereocenters. The molecule has 0 unspecified atom stereocenters. The van der Waals surface area contributed by atoms with Crippen LogP contribution < -0.4 is 4.90 Å². The van der Waals surface area contributed by atoms with Crippen molar-refractivity contribution in [3.05, 3.63) is 30.3 Å². The summed E-state index contributed by atoms with van der Waals surface area (Å²) in [7, 11) is 0. The Hall–Kier alpha value is -2.68. The van der Waals surface area contributed by atoms with Gasteiger partial charge in [0.2, 0.25) is 5.91 Å². The Morgan fingerprint density at radius 2 is 1.96 bits per heavy atom. The normalized spacial score (nSPS) is 18.8. The van der Waals surface area contributed by atoms with Crippen LogP contribution in [0.3, 0.4) is 0 Å². The van der Waals surface area contributed by atoms with Crippen LogP contribution in [0.15, 0.2) is 40.5 Å². The minimum atomic E-state index is -1.05. The number of benzene rings is 1. The largest absolute Gasteiger partial charge is 0.481 e. The van der Waals surface area contributed by atoms with Crippen LogP contribution in [-0.4, -0.2) is 45.7 Å². The highest BCUT2D eigenvalue weighted by molar-refractivity contribution is 8.16. The van der Waals surface area contributed by atoms with Crippen molar-refractivity contribution in [2.45, 2.75) is 38.4 Å². The lowest BCUT2D eigenvalue weighted by atomic mass is 10.2. The van der Waals surface area contributed by atoms with E-state index in [1.807, 2.05) is 6.07 Å². The second kappa shape index (κ2) is 9.86. The number of carbonyl (C=O) groups excluding carboxylic acids is 2. The molecule has 1 fully saturated rings. The van der Waals surface area contributed by atoms with Gasteiger partial charge in [-0.3, -0.25) is 19.3 Å². The number of carbonyl (C=O) groups is 3. The molecule has 144 valence electrons. The highest BCUT2D eigenvalue weighted by atomic mass is 32.2. The van der Waals surface area contributed by atoms with Crippen LogP contribution in [0.2, 0.25) is 0 Å². The first-order valence-electron chi connectivity index (χ1n) is 8.46. The maximum absolute atomic E-state index is 12.6. The van der Waals surface area contributed by atoms with E-state index < -0.39 is 11.2 Å². The highest BCUT2D eigenvalue weighted by Crippen LogP contribution is 2.33. The van der Waals surface area contributed by atoms with Crippen molar-refractivity contribution in [1.29, 1.82) is 0 Å². The highest BCUT2D eigenvalue weighted by Gasteiger charge is 2.40. The third-order valence-electron chi connectivity index (χ3n) is 3.61. The Morgan fingerprint density at radius 3 is 2.59 bits per heavy atom. The van der Waals surface area contributed by atoms with Crippen molar-refractivity contribution in [1.82, 2.24) is 0 Å². The molecule has 1 aromatic carbocycles. The number of aliphatic carboxylic acids is 1. The Balaban J connectivity index is 2.18. The van der Waals surface area contributed by atoms with Crippen LogP contribution in [0.1, 0.15) is 33.1 Å². The van der Waals surface area contributed by atoms with E-state index in [9.17, 15) is 14.4 Å². The number of anilines is 1. The molecule has 0 aromatic heterocycles. The fraction of sp³-hybridized carbons (Fsp3) is 0.389. The first-order valence-corrected chi connectivity index (χ1v) is 9.34. The van der Waals surface area contributed by atoms with Gasteiger partial charge < -0.3 is 9.84 Å². The topological polar surface area (TPSA) is 109 Å². The van der Waals surface area contributed by atoms with Crippen molar-refractivity contribution in [3.8, 4) is 0 Å². The van der Waals surface area contributed by atoms with Gasteiger partial charge in [0.25, 0.3) is 0 Å². The molecule has 1 amide bonds. The lowest BCUT2D eigenvalue weighted by Crippen LogP contribution is -2.32. The van der Waals surface area contributed by atoms with Gasteiger partial charge in [0.05, 0.1) is 25.1 Å². The number of rotatable bonds is 8. The number of hydrogen-bond donors (Lipinski definition) is 1. The number of para-hydroxylation sites is 1. The van der Waals surface area contributed by atoms with Crippen LogP contribution in [0.25, 0.3) is 0 Å². The van der Waals surface area contributed by atoms with Gasteiger partial charge in [0.15, 0.2) is 5.17 Å². The van der Waals surface area contributed by atoms with Gasteiger partial charge in [-0.15, -0.1) is 5.10 Å². The molecule has 0 saturated carbocycles. The van der Waals surface area contributed by atoms with Crippen molar-refractivity contribution in [2.75, 3.05) is 11.5 Å². The van der Waals surface area contributed by atoms with Crippen molar-refractivity contribution in [2.24, 2.45) is 10.2 Å². The summed E-state index contributed by atoms with van der Waals surface area (Å²) >= 11 is 1.07. The van der Waals surface area contributed by atoms with Gasteiger partial charge in [0, 0.05) is 5.71 Å². The van der Waals surface area contributed by atoms with E-state index in [4.69, 9.17) is 9.84 Å². The van der Waals surface area contributed by atoms with E-state index in [2.05, 4.69) is 10.2 Å². The molecule has 0 aliphatic carbocycles. The molecule has 2 rings (SSSR count). The number of carboxylic acid groups (broad SMARTS) is 1. The molecule has 27 heavy (non-hydrogen) atoms. The zero-order valence-electron chi connectivity index (χ0n) is 15.1. The third kappa shape index (κ3) is 5.92. The quantitative estimate of drug-likeness (QED) is 0.415. The average Bonchev–Trinajstić information content (AvgIpc) is 2.94. The van der Waals surface area contributed by atoms with Crippen LogP contribution >= 0.6 is 11.8 Å². The van der Waals surface area contributed by atoms with E-state index in [0.717, 1.165) is 11.8 Å². The number of esters is 1. The van der Waals surface area contributed by atoms with Crippen molar-refractivity contribution >= 4 is 46.2 Å². The average molecular weight is 391 g/mol. The monoisotopic (exact) mass is 391 g/mol. The lowest BCUT2D eigenvalue weighted by Gasteiger charge is -2.15. The van der Waals surface area contributed by atoms with Gasteiger partial charge in [-0.05, 0) is 32.4 Å². The molecule has 1 saturated heterocycles. The zero-order valence-corrected chi connectivity index (χ0v) is 15.9. The molecule has 1 aliphatic rings. The first-order chi connectivity index (χ1) is 12.9. The number of hydrogen-bond acceptors (Lipinski definition) is 7. The minimum absolute atomic E-state index is 0.199. The third-order valence-corrected chi connectivity index (χ3v) is 4.74. The van der Waals surface area contributed by atoms with Crippen molar-refractivity contribution < 1.29 is 24.2 Å². The molecule has 1 N–H and O–H groups in total. The maximum Gasteiger partial charge on any atom is 0.306 e. The summed E-state index contributed by atoms with van der Waals surface area (Å²) in [5.74, 6) is -1.70. The van der Waals surface area contributed by atoms with Gasteiger partial charge in [-0.1, -0.05) is 30.0 Å². The number of carboxylic acids is 1. The van der Waals surface area contributed by atoms with Gasteiger partial charge in [-0.25, -0.2) is 0 Å². The second-order valence-corrected chi connectivity index (χ2v) is 6.91. The summed E-state index contributed by atoms with van der Waals surface area (Å²) in [6.07, 6.45) is 0.291. The van der Waals surface area contributed by atoms with Crippen LogP contribution in [0, 0.1) is 0 Å². The number of amidine groups is 1. The summed E-state index contributed by atoms with van der Waals surface area (Å²) in [6, 6.07) is 8.87. The Labute approximate surface area is 161 Å². The molecule has 0 radical (unpaired) electrons. The maximum atomic E-state index is 12.6. The first kappa shape index (κ1) is 20.6. The Morgan fingerprint density at radius 1 is 1.26 bits per heavy atom. The molecule has 1 aromatic rings. The zero-order chi connectivity index (χ0) is 19.8. The SMILES string of the molecule is CCOC(=O)CC/C(C)=N/N=C1\S[C@@H](CC(=O)O)C(=O)N1c1ccccc1. The number of nitrogens with zero attached hydrogens (tertiary/aromatic N) is 3. The van der Waals surface area contributed by atoms with Crippen LogP contribution in [0.4, 0.5) is 5.69 Å². The van der Waals surface area contributed by atoms with E-state index >= 15 is 0 Å². The summed E-state index contributed by atoms with van der Waals surface area (Å²) in [6.45, 7) is 3.80. The Bertz CT molecular complexity index is 764. The van der Waals surface area contributed by atoms with Gasteiger partial charge in [-0.2, -0.15) is 5.10 Å². The van der Waals surface area contributed by atoms with Gasteiger partial charge >= 0.3 is 11.9 Å². The summed E-state index contributed by atoms with van der Waals surface area (Å²) in [5, 5.41) is 16.8.